The summed E-state index contributed by atoms with van der Waals surface area (Å²) >= 11 is 1.38. The molecule has 2 aromatic carbocycles. The minimum Gasteiger partial charge on any atom is -0.508 e. The molecule has 0 heterocycles. The van der Waals surface area contributed by atoms with Crippen LogP contribution in [0.15, 0.2) is 63.8 Å². The fraction of sp³-hybridized carbons (Fsp3) is 0.0625. The van der Waals surface area contributed by atoms with E-state index in [0.29, 0.717) is 5.17 Å². The van der Waals surface area contributed by atoms with Crippen LogP contribution >= 0.6 is 11.8 Å². The molecule has 0 fully saturated rings. The second kappa shape index (κ2) is 8.60. The fourth-order valence-electron chi connectivity index (χ4n) is 1.54. The molecule has 0 atom stereocenters. The molecule has 118 valence electrons. The molecule has 0 saturated carbocycles. The number of rotatable bonds is 4. The van der Waals surface area contributed by atoms with Crippen LogP contribution in [0.4, 0.5) is 0 Å². The van der Waals surface area contributed by atoms with Gasteiger partial charge < -0.3 is 10.2 Å². The zero-order valence-corrected chi connectivity index (χ0v) is 13.2. The Bertz CT molecular complexity index is 710. The van der Waals surface area contributed by atoms with Gasteiger partial charge >= 0.3 is 0 Å². The number of phenolic OH excluding ortho intramolecular Hbond substituents is 2. The molecular weight excluding hydrogens is 312 g/mol. The van der Waals surface area contributed by atoms with Crippen LogP contribution in [0.5, 0.6) is 11.5 Å². The minimum absolute atomic E-state index is 0.209. The van der Waals surface area contributed by atoms with E-state index in [1.165, 1.54) is 11.8 Å². The number of hydrazone groups is 1. The van der Waals surface area contributed by atoms with E-state index in [1.54, 1.807) is 61.0 Å². The molecule has 0 spiro atoms. The lowest BCUT2D eigenvalue weighted by molar-refractivity contribution is 0.475. The first-order valence-corrected chi connectivity index (χ1v) is 7.92. The first kappa shape index (κ1) is 16.6. The average Bonchev–Trinajstić information content (AvgIpc) is 2.57. The van der Waals surface area contributed by atoms with Crippen molar-refractivity contribution in [1.29, 1.82) is 0 Å². The number of benzene rings is 2. The number of aromatic hydroxyl groups is 2. The van der Waals surface area contributed by atoms with Crippen LogP contribution in [0, 0.1) is 0 Å². The first-order chi connectivity index (χ1) is 11.2. The highest BCUT2D eigenvalue weighted by Crippen LogP contribution is 2.08. The van der Waals surface area contributed by atoms with Crippen molar-refractivity contribution in [2.75, 3.05) is 6.26 Å². The lowest BCUT2D eigenvalue weighted by Crippen LogP contribution is -2.13. The highest BCUT2D eigenvalue weighted by atomic mass is 32.2. The SMILES string of the molecule is CS/C(=N/N=C\c1ccc(O)cc1)N/N=C\c1ccc(O)cc1. The zero-order valence-electron chi connectivity index (χ0n) is 12.4. The predicted octanol–water partition coefficient (Wildman–Crippen LogP) is 2.77. The van der Waals surface area contributed by atoms with Gasteiger partial charge in [-0.1, -0.05) is 11.8 Å². The summed E-state index contributed by atoms with van der Waals surface area (Å²) < 4.78 is 0. The molecule has 0 amide bonds. The number of amidine groups is 1. The van der Waals surface area contributed by atoms with Gasteiger partial charge in [-0.05, 0) is 65.9 Å². The van der Waals surface area contributed by atoms with E-state index in [9.17, 15) is 10.2 Å². The van der Waals surface area contributed by atoms with Gasteiger partial charge in [0.25, 0.3) is 0 Å². The van der Waals surface area contributed by atoms with Crippen LogP contribution in [-0.4, -0.2) is 34.1 Å². The molecule has 23 heavy (non-hydrogen) atoms. The van der Waals surface area contributed by atoms with Crippen molar-refractivity contribution in [2.24, 2.45) is 15.3 Å². The highest BCUT2D eigenvalue weighted by molar-refractivity contribution is 8.13. The largest absolute Gasteiger partial charge is 0.508 e. The van der Waals surface area contributed by atoms with Crippen molar-refractivity contribution in [3.8, 4) is 11.5 Å². The van der Waals surface area contributed by atoms with Crippen LogP contribution in [0.3, 0.4) is 0 Å². The molecule has 6 nitrogen and oxygen atoms in total. The summed E-state index contributed by atoms with van der Waals surface area (Å²) in [6, 6.07) is 13.3. The van der Waals surface area contributed by atoms with E-state index < -0.39 is 0 Å². The summed E-state index contributed by atoms with van der Waals surface area (Å²) in [4.78, 5) is 0. The molecule has 0 aliphatic rings. The molecule has 7 heteroatoms. The number of nitrogens with zero attached hydrogens (tertiary/aromatic N) is 3. The van der Waals surface area contributed by atoms with Gasteiger partial charge in [0.05, 0.1) is 12.4 Å². The first-order valence-electron chi connectivity index (χ1n) is 6.69. The monoisotopic (exact) mass is 328 g/mol. The Hall–Kier alpha value is -2.80. The van der Waals surface area contributed by atoms with Crippen LogP contribution in [-0.2, 0) is 0 Å². The molecule has 0 aliphatic heterocycles. The van der Waals surface area contributed by atoms with E-state index in [2.05, 4.69) is 20.7 Å². The molecule has 0 bridgehead atoms. The summed E-state index contributed by atoms with van der Waals surface area (Å²) in [5, 5.41) is 31.0. The Kier molecular flexibility index (Phi) is 6.19. The van der Waals surface area contributed by atoms with Gasteiger partial charge in [-0.25, -0.2) is 0 Å². The average molecular weight is 328 g/mol. The summed E-state index contributed by atoms with van der Waals surface area (Å²) in [5.41, 5.74) is 4.48. The molecule has 0 saturated heterocycles. The highest BCUT2D eigenvalue weighted by Gasteiger charge is 1.94. The van der Waals surface area contributed by atoms with Crippen molar-refractivity contribution in [3.05, 3.63) is 59.7 Å². The number of hydrogen-bond donors (Lipinski definition) is 3. The molecule has 0 unspecified atom stereocenters. The topological polar surface area (TPSA) is 89.6 Å². The Morgan fingerprint density at radius 2 is 1.43 bits per heavy atom. The van der Waals surface area contributed by atoms with Gasteiger partial charge in [-0.15, -0.1) is 5.10 Å². The second-order valence-corrected chi connectivity index (χ2v) is 5.20. The van der Waals surface area contributed by atoms with Crippen molar-refractivity contribution in [1.82, 2.24) is 5.43 Å². The lowest BCUT2D eigenvalue weighted by atomic mass is 10.2. The number of hydrogen-bond acceptors (Lipinski definition) is 6. The van der Waals surface area contributed by atoms with Gasteiger partial charge in [0.15, 0.2) is 0 Å². The normalized spacial score (nSPS) is 12.1. The van der Waals surface area contributed by atoms with E-state index in [4.69, 9.17) is 0 Å². The van der Waals surface area contributed by atoms with Crippen LogP contribution in [0.25, 0.3) is 0 Å². The standard InChI is InChI=1S/C16H16N4O2S/c1-23-16(19-17-10-12-2-6-14(21)7-3-12)20-18-11-13-4-8-15(22)9-5-13/h2-11,21-22H,1H3,(H,19,20)/b17-10-,18-11-. The van der Waals surface area contributed by atoms with Gasteiger partial charge in [0.2, 0.25) is 5.17 Å². The Morgan fingerprint density at radius 1 is 0.913 bits per heavy atom. The maximum atomic E-state index is 9.20. The number of phenols is 2. The van der Waals surface area contributed by atoms with Gasteiger partial charge in [0, 0.05) is 0 Å². The predicted molar refractivity (Wildman–Crippen MR) is 95.5 cm³/mol. The van der Waals surface area contributed by atoms with Crippen molar-refractivity contribution in [2.45, 2.75) is 0 Å². The van der Waals surface area contributed by atoms with Crippen LogP contribution in [0.2, 0.25) is 0 Å². The molecule has 2 rings (SSSR count). The van der Waals surface area contributed by atoms with Crippen LogP contribution < -0.4 is 5.43 Å². The zero-order chi connectivity index (χ0) is 16.5. The van der Waals surface area contributed by atoms with Gasteiger partial charge in [-0.3, -0.25) is 5.43 Å². The second-order valence-electron chi connectivity index (χ2n) is 4.41. The van der Waals surface area contributed by atoms with Crippen molar-refractivity contribution in [3.63, 3.8) is 0 Å². The smallest absolute Gasteiger partial charge is 0.203 e. The van der Waals surface area contributed by atoms with Gasteiger partial charge in [0.1, 0.15) is 11.5 Å². The van der Waals surface area contributed by atoms with E-state index in [0.717, 1.165) is 11.1 Å². The molecule has 0 aliphatic carbocycles. The maximum absolute atomic E-state index is 9.20. The van der Waals surface area contributed by atoms with E-state index in [1.807, 2.05) is 6.26 Å². The lowest BCUT2D eigenvalue weighted by Gasteiger charge is -1.99. The third kappa shape index (κ3) is 5.84. The van der Waals surface area contributed by atoms with E-state index in [-0.39, 0.29) is 11.5 Å². The molecule has 0 radical (unpaired) electrons. The molecule has 2 aromatic rings. The van der Waals surface area contributed by atoms with Crippen molar-refractivity contribution >= 4 is 29.4 Å². The number of thioether (sulfide) groups is 1. The Labute approximate surface area is 138 Å². The maximum Gasteiger partial charge on any atom is 0.203 e. The third-order valence-electron chi connectivity index (χ3n) is 2.71. The van der Waals surface area contributed by atoms with Gasteiger partial charge in [-0.2, -0.15) is 10.2 Å². The molecule has 0 aromatic heterocycles. The minimum atomic E-state index is 0.209. The Morgan fingerprint density at radius 3 is 1.96 bits per heavy atom. The number of nitrogens with one attached hydrogen (secondary N) is 1. The third-order valence-corrected chi connectivity index (χ3v) is 3.27. The van der Waals surface area contributed by atoms with E-state index >= 15 is 0 Å². The summed E-state index contributed by atoms with van der Waals surface area (Å²) in [6.07, 6.45) is 5.06. The molecule has 3 N–H and O–H groups in total. The quantitative estimate of drug-likeness (QED) is 0.457. The molecular formula is C16H16N4O2S. The Balaban J connectivity index is 1.93. The van der Waals surface area contributed by atoms with Crippen molar-refractivity contribution < 1.29 is 10.2 Å². The summed E-state index contributed by atoms with van der Waals surface area (Å²) in [7, 11) is 0. The summed E-state index contributed by atoms with van der Waals surface area (Å²) in [5.74, 6) is 0.422. The van der Waals surface area contributed by atoms with Crippen LogP contribution in [0.1, 0.15) is 11.1 Å². The fourth-order valence-corrected chi connectivity index (χ4v) is 1.81. The summed E-state index contributed by atoms with van der Waals surface area (Å²) in [6.45, 7) is 0.